The Morgan fingerprint density at radius 1 is 1.33 bits per heavy atom. The highest BCUT2D eigenvalue weighted by Crippen LogP contribution is 2.41. The van der Waals surface area contributed by atoms with Gasteiger partial charge in [0.1, 0.15) is 0 Å². The average molecular weight is 252 g/mol. The normalized spacial score (nSPS) is 32.1. The summed E-state index contributed by atoms with van der Waals surface area (Å²) < 4.78 is 0. The van der Waals surface area contributed by atoms with Crippen LogP contribution in [0.1, 0.15) is 46.5 Å². The summed E-state index contributed by atoms with van der Waals surface area (Å²) in [4.78, 5) is 26.5. The van der Waals surface area contributed by atoms with Gasteiger partial charge in [0.15, 0.2) is 0 Å². The third kappa shape index (κ3) is 1.96. The molecule has 4 nitrogen and oxygen atoms in total. The summed E-state index contributed by atoms with van der Waals surface area (Å²) in [6.45, 7) is 7.95. The Labute approximate surface area is 109 Å². The summed E-state index contributed by atoms with van der Waals surface area (Å²) in [5, 5.41) is 3.32. The van der Waals surface area contributed by atoms with Crippen LogP contribution in [0, 0.1) is 11.3 Å². The summed E-state index contributed by atoms with van der Waals surface area (Å²) in [6.07, 6.45) is 2.84. The third-order valence-electron chi connectivity index (χ3n) is 4.86. The number of likely N-dealkylation sites (tertiary alicyclic amines) is 1. The van der Waals surface area contributed by atoms with Gasteiger partial charge < -0.3 is 5.32 Å². The Morgan fingerprint density at radius 2 is 2.00 bits per heavy atom. The molecule has 0 bridgehead atoms. The zero-order chi connectivity index (χ0) is 13.3. The molecule has 102 valence electrons. The number of hydrogen-bond acceptors (Lipinski definition) is 3. The highest BCUT2D eigenvalue weighted by Gasteiger charge is 2.52. The highest BCUT2D eigenvalue weighted by atomic mass is 16.2. The largest absolute Gasteiger partial charge is 0.316 e. The van der Waals surface area contributed by atoms with Crippen LogP contribution in [0.25, 0.3) is 0 Å². The zero-order valence-electron chi connectivity index (χ0n) is 11.7. The topological polar surface area (TPSA) is 49.4 Å². The van der Waals surface area contributed by atoms with E-state index in [4.69, 9.17) is 0 Å². The molecule has 0 aromatic heterocycles. The number of piperidine rings is 1. The predicted octanol–water partition coefficient (Wildman–Crippen LogP) is 1.55. The summed E-state index contributed by atoms with van der Waals surface area (Å²) in [5.74, 6) is 0.481. The first-order chi connectivity index (χ1) is 8.55. The molecule has 1 N–H and O–H groups in total. The van der Waals surface area contributed by atoms with E-state index in [9.17, 15) is 9.59 Å². The van der Waals surface area contributed by atoms with Gasteiger partial charge in [0.25, 0.3) is 0 Å². The number of amides is 2. The van der Waals surface area contributed by atoms with Gasteiger partial charge in [0, 0.05) is 12.5 Å². The van der Waals surface area contributed by atoms with Crippen molar-refractivity contribution >= 4 is 11.8 Å². The molecular weight excluding hydrogens is 228 g/mol. The van der Waals surface area contributed by atoms with Crippen molar-refractivity contribution in [1.82, 2.24) is 10.2 Å². The Balaban J connectivity index is 2.23. The number of carbonyl (C=O) groups excluding carboxylic acids is 2. The molecule has 2 aliphatic rings. The lowest BCUT2D eigenvalue weighted by Gasteiger charge is -2.36. The maximum Gasteiger partial charge on any atom is 0.236 e. The SMILES string of the molecule is CCC1(CC)CC(=O)N(C2CCNCC2C)C1=O. The molecule has 2 unspecified atom stereocenters. The van der Waals surface area contributed by atoms with Crippen molar-refractivity contribution in [2.75, 3.05) is 13.1 Å². The molecule has 2 atom stereocenters. The molecule has 2 rings (SSSR count). The van der Waals surface area contributed by atoms with E-state index < -0.39 is 5.41 Å². The first-order valence-corrected chi connectivity index (χ1v) is 7.13. The van der Waals surface area contributed by atoms with Crippen LogP contribution in [0.3, 0.4) is 0 Å². The lowest BCUT2D eigenvalue weighted by Crippen LogP contribution is -2.51. The molecule has 0 aromatic rings. The van der Waals surface area contributed by atoms with E-state index in [1.165, 1.54) is 0 Å². The van der Waals surface area contributed by atoms with E-state index in [1.54, 1.807) is 4.90 Å². The lowest BCUT2D eigenvalue weighted by molar-refractivity contribution is -0.146. The van der Waals surface area contributed by atoms with Crippen LogP contribution < -0.4 is 5.32 Å². The third-order valence-corrected chi connectivity index (χ3v) is 4.86. The van der Waals surface area contributed by atoms with Crippen LogP contribution >= 0.6 is 0 Å². The molecule has 4 heteroatoms. The van der Waals surface area contributed by atoms with Gasteiger partial charge in [-0.2, -0.15) is 0 Å². The van der Waals surface area contributed by atoms with E-state index >= 15 is 0 Å². The number of nitrogens with one attached hydrogen (secondary N) is 1. The molecule has 0 spiro atoms. The predicted molar refractivity (Wildman–Crippen MR) is 69.9 cm³/mol. The maximum atomic E-state index is 12.6. The summed E-state index contributed by atoms with van der Waals surface area (Å²) in [7, 11) is 0. The fourth-order valence-electron chi connectivity index (χ4n) is 3.34. The Hall–Kier alpha value is -0.900. The van der Waals surface area contributed by atoms with Crippen molar-refractivity contribution in [3.63, 3.8) is 0 Å². The Bertz CT molecular complexity index is 350. The summed E-state index contributed by atoms with van der Waals surface area (Å²) in [6, 6.07) is 0.103. The number of carbonyl (C=O) groups is 2. The summed E-state index contributed by atoms with van der Waals surface area (Å²) in [5.41, 5.74) is -0.415. The van der Waals surface area contributed by atoms with Crippen LogP contribution in [-0.2, 0) is 9.59 Å². The van der Waals surface area contributed by atoms with E-state index in [0.717, 1.165) is 32.4 Å². The molecule has 2 heterocycles. The van der Waals surface area contributed by atoms with Gasteiger partial charge in [-0.15, -0.1) is 0 Å². The van der Waals surface area contributed by atoms with E-state index in [0.29, 0.717) is 12.3 Å². The number of rotatable bonds is 3. The van der Waals surface area contributed by atoms with Crippen LogP contribution in [0.5, 0.6) is 0 Å². The van der Waals surface area contributed by atoms with E-state index in [-0.39, 0.29) is 17.9 Å². The second-order valence-corrected chi connectivity index (χ2v) is 5.77. The Kier molecular flexibility index (Phi) is 3.76. The molecule has 2 aliphatic heterocycles. The molecule has 0 radical (unpaired) electrons. The minimum absolute atomic E-state index is 0.0439. The molecule has 2 amide bonds. The molecular formula is C14H24N2O2. The van der Waals surface area contributed by atoms with Crippen LogP contribution in [0.4, 0.5) is 0 Å². The first-order valence-electron chi connectivity index (χ1n) is 7.13. The second-order valence-electron chi connectivity index (χ2n) is 5.77. The van der Waals surface area contributed by atoms with Crippen molar-refractivity contribution in [2.24, 2.45) is 11.3 Å². The molecule has 0 aromatic carbocycles. The molecule has 0 aliphatic carbocycles. The van der Waals surface area contributed by atoms with Crippen molar-refractivity contribution in [2.45, 2.75) is 52.5 Å². The van der Waals surface area contributed by atoms with Gasteiger partial charge in [0.2, 0.25) is 11.8 Å². The standard InChI is InChI=1S/C14H24N2O2/c1-4-14(5-2)8-12(17)16(13(14)18)11-6-7-15-9-10(11)3/h10-11,15H,4-9H2,1-3H3. The van der Waals surface area contributed by atoms with Crippen molar-refractivity contribution in [3.05, 3.63) is 0 Å². The van der Waals surface area contributed by atoms with E-state index in [1.807, 2.05) is 13.8 Å². The van der Waals surface area contributed by atoms with Gasteiger partial charge in [0.05, 0.1) is 5.41 Å². The smallest absolute Gasteiger partial charge is 0.236 e. The van der Waals surface area contributed by atoms with Crippen LogP contribution in [-0.4, -0.2) is 35.8 Å². The monoisotopic (exact) mass is 252 g/mol. The lowest BCUT2D eigenvalue weighted by atomic mass is 9.80. The number of imide groups is 1. The fourth-order valence-corrected chi connectivity index (χ4v) is 3.34. The Morgan fingerprint density at radius 3 is 2.50 bits per heavy atom. The average Bonchev–Trinajstić information content (AvgIpc) is 2.62. The maximum absolute atomic E-state index is 12.6. The highest BCUT2D eigenvalue weighted by molar-refractivity contribution is 6.06. The minimum Gasteiger partial charge on any atom is -0.316 e. The minimum atomic E-state index is -0.415. The van der Waals surface area contributed by atoms with Gasteiger partial charge in [-0.25, -0.2) is 0 Å². The van der Waals surface area contributed by atoms with Gasteiger partial charge in [-0.1, -0.05) is 20.8 Å². The van der Waals surface area contributed by atoms with Gasteiger partial charge in [-0.3, -0.25) is 14.5 Å². The molecule has 18 heavy (non-hydrogen) atoms. The van der Waals surface area contributed by atoms with Crippen molar-refractivity contribution in [1.29, 1.82) is 0 Å². The van der Waals surface area contributed by atoms with Crippen LogP contribution in [0.15, 0.2) is 0 Å². The summed E-state index contributed by atoms with van der Waals surface area (Å²) >= 11 is 0. The van der Waals surface area contributed by atoms with Gasteiger partial charge in [-0.05, 0) is 38.3 Å². The second kappa shape index (κ2) is 5.00. The quantitative estimate of drug-likeness (QED) is 0.775. The van der Waals surface area contributed by atoms with Gasteiger partial charge >= 0.3 is 0 Å². The molecule has 0 saturated carbocycles. The first kappa shape index (κ1) is 13.5. The number of hydrogen-bond donors (Lipinski definition) is 1. The van der Waals surface area contributed by atoms with Crippen LogP contribution in [0.2, 0.25) is 0 Å². The zero-order valence-corrected chi connectivity index (χ0v) is 11.7. The van der Waals surface area contributed by atoms with Crippen molar-refractivity contribution < 1.29 is 9.59 Å². The van der Waals surface area contributed by atoms with Crippen molar-refractivity contribution in [3.8, 4) is 0 Å². The fraction of sp³-hybridized carbons (Fsp3) is 0.857. The molecule has 2 saturated heterocycles. The number of nitrogens with zero attached hydrogens (tertiary/aromatic N) is 1. The van der Waals surface area contributed by atoms with E-state index in [2.05, 4.69) is 12.2 Å². The molecule has 2 fully saturated rings.